The fraction of sp³-hybridized carbons (Fsp3) is 0.389. The van der Waals surface area contributed by atoms with E-state index in [2.05, 4.69) is 34.7 Å². The summed E-state index contributed by atoms with van der Waals surface area (Å²) in [7, 11) is 2.13. The minimum Gasteiger partial charge on any atom is -0.340 e. The van der Waals surface area contributed by atoms with Crippen molar-refractivity contribution in [3.05, 3.63) is 47.5 Å². The van der Waals surface area contributed by atoms with Crippen LogP contribution in [0, 0.1) is 0 Å². The maximum Gasteiger partial charge on any atom is 0.205 e. The van der Waals surface area contributed by atoms with Crippen molar-refractivity contribution in [1.82, 2.24) is 18.9 Å². The van der Waals surface area contributed by atoms with Gasteiger partial charge in [-0.05, 0) is 0 Å². The van der Waals surface area contributed by atoms with E-state index < -0.39 is 0 Å². The number of hydrogen-bond donors (Lipinski definition) is 0. The lowest BCUT2D eigenvalue weighted by molar-refractivity contribution is 0.662. The summed E-state index contributed by atoms with van der Waals surface area (Å²) < 4.78 is 6.80. The average Bonchev–Trinajstić information content (AvgIpc) is 3.21. The highest BCUT2D eigenvalue weighted by Crippen LogP contribution is 2.29. The minimum absolute atomic E-state index is 0.445. The maximum absolute atomic E-state index is 4.87. The predicted molar refractivity (Wildman–Crippen MR) is 97.4 cm³/mol. The van der Waals surface area contributed by atoms with Crippen LogP contribution >= 0.6 is 11.5 Å². The van der Waals surface area contributed by atoms with Crippen molar-refractivity contribution in [2.75, 3.05) is 11.4 Å². The normalized spacial score (nSPS) is 14.2. The fourth-order valence-corrected chi connectivity index (χ4v) is 3.99. The molecule has 0 fully saturated rings. The second-order valence-electron chi connectivity index (χ2n) is 6.52. The van der Waals surface area contributed by atoms with Gasteiger partial charge in [0, 0.05) is 48.7 Å². The largest absolute Gasteiger partial charge is 0.340 e. The Hall–Kier alpha value is -2.21. The van der Waals surface area contributed by atoms with E-state index in [0.717, 1.165) is 36.0 Å². The van der Waals surface area contributed by atoms with Gasteiger partial charge in [-0.15, -0.1) is 0 Å². The average molecular weight is 339 g/mol. The molecule has 0 saturated carbocycles. The van der Waals surface area contributed by atoms with Gasteiger partial charge in [-0.3, -0.25) is 0 Å². The van der Waals surface area contributed by atoms with E-state index in [-0.39, 0.29) is 0 Å². The number of rotatable bonds is 3. The lowest BCUT2D eigenvalue weighted by Gasteiger charge is -2.25. The Kier molecular flexibility index (Phi) is 3.84. The molecule has 1 aliphatic rings. The second kappa shape index (κ2) is 6.02. The van der Waals surface area contributed by atoms with Crippen molar-refractivity contribution >= 4 is 16.7 Å². The van der Waals surface area contributed by atoms with E-state index in [1.165, 1.54) is 28.7 Å². The highest BCUT2D eigenvalue weighted by atomic mass is 32.1. The summed E-state index contributed by atoms with van der Waals surface area (Å²) >= 11 is 1.47. The number of hydrogen-bond acceptors (Lipinski definition) is 5. The van der Waals surface area contributed by atoms with E-state index in [9.17, 15) is 0 Å². The molecule has 1 aliphatic heterocycles. The van der Waals surface area contributed by atoms with Gasteiger partial charge < -0.3 is 9.47 Å². The van der Waals surface area contributed by atoms with Crippen molar-refractivity contribution in [2.24, 2.45) is 7.05 Å². The molecule has 0 spiro atoms. The lowest BCUT2D eigenvalue weighted by Crippen LogP contribution is -2.31. The number of fused-ring (bicyclic) bond motifs is 1. The second-order valence-corrected chi connectivity index (χ2v) is 7.25. The van der Waals surface area contributed by atoms with Gasteiger partial charge >= 0.3 is 0 Å². The van der Waals surface area contributed by atoms with Crippen LogP contribution in [0.2, 0.25) is 0 Å². The summed E-state index contributed by atoms with van der Waals surface area (Å²) in [6.07, 6.45) is 1.01. The van der Waals surface area contributed by atoms with Gasteiger partial charge in [0.25, 0.3) is 0 Å². The van der Waals surface area contributed by atoms with Crippen LogP contribution in [-0.4, -0.2) is 25.5 Å². The molecule has 0 amide bonds. The van der Waals surface area contributed by atoms with Crippen LogP contribution < -0.4 is 4.90 Å². The van der Waals surface area contributed by atoms with Crippen LogP contribution in [0.25, 0.3) is 11.4 Å². The molecule has 1 aromatic carbocycles. The van der Waals surface area contributed by atoms with E-state index >= 15 is 0 Å². The molecule has 4 rings (SSSR count). The van der Waals surface area contributed by atoms with Gasteiger partial charge in [0.2, 0.25) is 5.13 Å². The number of nitrogens with zero attached hydrogens (tertiary/aromatic N) is 5. The van der Waals surface area contributed by atoms with Gasteiger partial charge in [0.15, 0.2) is 5.82 Å². The highest BCUT2D eigenvalue weighted by molar-refractivity contribution is 7.09. The zero-order chi connectivity index (χ0) is 16.7. The summed E-state index contributed by atoms with van der Waals surface area (Å²) in [4.78, 5) is 11.9. The Bertz CT molecular complexity index is 850. The first-order chi connectivity index (χ1) is 11.6. The smallest absolute Gasteiger partial charge is 0.205 e. The van der Waals surface area contributed by atoms with E-state index in [1.54, 1.807) is 0 Å². The van der Waals surface area contributed by atoms with E-state index in [4.69, 9.17) is 9.97 Å². The first-order valence-electron chi connectivity index (χ1n) is 8.32. The first kappa shape index (κ1) is 15.3. The molecule has 24 heavy (non-hydrogen) atoms. The number of benzene rings is 1. The van der Waals surface area contributed by atoms with Crippen LogP contribution in [0.1, 0.15) is 37.0 Å². The van der Waals surface area contributed by atoms with Crippen molar-refractivity contribution in [3.8, 4) is 11.4 Å². The van der Waals surface area contributed by atoms with Crippen LogP contribution in [-0.2, 0) is 20.0 Å². The van der Waals surface area contributed by atoms with E-state index in [1.807, 2.05) is 30.3 Å². The molecular formula is C18H21N5S. The summed E-state index contributed by atoms with van der Waals surface area (Å²) in [5, 5.41) is 0.983. The zero-order valence-corrected chi connectivity index (χ0v) is 15.0. The number of imidazole rings is 1. The summed E-state index contributed by atoms with van der Waals surface area (Å²) in [6.45, 7) is 6.18. The minimum atomic E-state index is 0.445. The highest BCUT2D eigenvalue weighted by Gasteiger charge is 2.25. The Balaban J connectivity index is 1.59. The van der Waals surface area contributed by atoms with Crippen molar-refractivity contribution in [3.63, 3.8) is 0 Å². The zero-order valence-electron chi connectivity index (χ0n) is 14.2. The molecule has 3 aromatic rings. The molecule has 0 radical (unpaired) electrons. The van der Waals surface area contributed by atoms with E-state index in [0.29, 0.717) is 5.92 Å². The van der Waals surface area contributed by atoms with Crippen molar-refractivity contribution < 1.29 is 0 Å². The third kappa shape index (κ3) is 2.60. The monoisotopic (exact) mass is 339 g/mol. The third-order valence-electron chi connectivity index (χ3n) is 4.52. The van der Waals surface area contributed by atoms with Crippen LogP contribution in [0.4, 0.5) is 5.13 Å². The number of aromatic nitrogens is 4. The van der Waals surface area contributed by atoms with Gasteiger partial charge in [0.05, 0.1) is 12.2 Å². The van der Waals surface area contributed by atoms with Crippen molar-refractivity contribution in [1.29, 1.82) is 0 Å². The summed E-state index contributed by atoms with van der Waals surface area (Å²) in [5.74, 6) is 2.43. The van der Waals surface area contributed by atoms with Crippen molar-refractivity contribution in [2.45, 2.75) is 32.7 Å². The molecule has 124 valence electrons. The van der Waals surface area contributed by atoms with Gasteiger partial charge in [-0.1, -0.05) is 44.2 Å². The predicted octanol–water partition coefficient (Wildman–Crippen LogP) is 3.62. The van der Waals surface area contributed by atoms with Crippen LogP contribution in [0.3, 0.4) is 0 Å². The molecule has 0 saturated heterocycles. The molecule has 2 aromatic heterocycles. The molecule has 3 heterocycles. The van der Waals surface area contributed by atoms with Crippen LogP contribution in [0.5, 0.6) is 0 Å². The van der Waals surface area contributed by atoms with Gasteiger partial charge in [0.1, 0.15) is 5.82 Å². The summed E-state index contributed by atoms with van der Waals surface area (Å²) in [5.41, 5.74) is 3.62. The molecule has 0 aliphatic carbocycles. The Morgan fingerprint density at radius 2 is 1.92 bits per heavy atom. The summed E-state index contributed by atoms with van der Waals surface area (Å²) in [6, 6.07) is 10.1. The maximum atomic E-state index is 4.87. The van der Waals surface area contributed by atoms with Gasteiger partial charge in [-0.2, -0.15) is 9.36 Å². The molecule has 5 nitrogen and oxygen atoms in total. The quantitative estimate of drug-likeness (QED) is 0.731. The molecule has 0 bridgehead atoms. The third-order valence-corrected chi connectivity index (χ3v) is 5.30. The fourth-order valence-electron chi connectivity index (χ4n) is 3.28. The molecular weight excluding hydrogens is 318 g/mol. The topological polar surface area (TPSA) is 46.8 Å². The molecule has 0 unspecified atom stereocenters. The van der Waals surface area contributed by atoms with Gasteiger partial charge in [-0.25, -0.2) is 4.98 Å². The number of anilines is 1. The van der Waals surface area contributed by atoms with Crippen LogP contribution in [0.15, 0.2) is 30.3 Å². The SMILES string of the molecule is CC(C)c1nc2c(n1C)CCN(c1nc(-c3ccccc3)ns1)C2. The standard InChI is InChI=1S/C18H21N5S/c1-12(2)17-19-14-11-23(10-9-15(14)22(17)3)18-20-16(21-24-18)13-7-5-4-6-8-13/h4-8,12H,9-11H2,1-3H3. The molecule has 6 heteroatoms. The Labute approximate surface area is 146 Å². The lowest BCUT2D eigenvalue weighted by atomic mass is 10.1. The Morgan fingerprint density at radius 1 is 1.12 bits per heavy atom. The molecule has 0 atom stereocenters. The first-order valence-corrected chi connectivity index (χ1v) is 9.09. The Morgan fingerprint density at radius 3 is 2.67 bits per heavy atom. The molecule has 0 N–H and O–H groups in total.